The first-order valence-corrected chi connectivity index (χ1v) is 8.75. The SMILES string of the molecule is Fc1ccc2c(c1)/C(=C/CCN1CCCC1)c1ccccc1CO2. The van der Waals surface area contributed by atoms with Gasteiger partial charge in [0.15, 0.2) is 0 Å². The maximum absolute atomic E-state index is 13.9. The molecule has 2 nitrogen and oxygen atoms in total. The van der Waals surface area contributed by atoms with E-state index in [1.54, 1.807) is 12.1 Å². The van der Waals surface area contributed by atoms with Crippen molar-refractivity contribution in [1.29, 1.82) is 0 Å². The minimum absolute atomic E-state index is 0.220. The van der Waals surface area contributed by atoms with Crippen molar-refractivity contribution < 1.29 is 9.13 Å². The molecule has 2 aromatic carbocycles. The summed E-state index contributed by atoms with van der Waals surface area (Å²) in [7, 11) is 0. The van der Waals surface area contributed by atoms with Crippen LogP contribution in [0.1, 0.15) is 36.0 Å². The summed E-state index contributed by atoms with van der Waals surface area (Å²) in [5.41, 5.74) is 4.27. The van der Waals surface area contributed by atoms with Crippen molar-refractivity contribution in [2.45, 2.75) is 25.9 Å². The molecule has 0 saturated carbocycles. The predicted molar refractivity (Wildman–Crippen MR) is 94.5 cm³/mol. The van der Waals surface area contributed by atoms with Gasteiger partial charge in [-0.05, 0) is 67.3 Å². The van der Waals surface area contributed by atoms with Crippen LogP contribution in [0.15, 0.2) is 48.5 Å². The van der Waals surface area contributed by atoms with Gasteiger partial charge in [0.25, 0.3) is 0 Å². The van der Waals surface area contributed by atoms with Crippen LogP contribution in [0.25, 0.3) is 5.57 Å². The smallest absolute Gasteiger partial charge is 0.127 e. The van der Waals surface area contributed by atoms with Crippen LogP contribution in [0.2, 0.25) is 0 Å². The standard InChI is InChI=1S/C21H22FNO/c22-17-9-10-21-20(14-17)19(8-5-13-23-11-3-4-12-23)18-7-2-1-6-16(18)15-24-21/h1-2,6-10,14H,3-5,11-13,15H2/b19-8+. The van der Waals surface area contributed by atoms with Gasteiger partial charge in [-0.1, -0.05) is 30.3 Å². The normalized spacial score (nSPS) is 18.8. The average Bonchev–Trinajstić information content (AvgIpc) is 3.06. The highest BCUT2D eigenvalue weighted by molar-refractivity contribution is 5.84. The Balaban J connectivity index is 1.71. The Morgan fingerprint density at radius 3 is 2.75 bits per heavy atom. The first kappa shape index (κ1) is 15.4. The second kappa shape index (κ2) is 6.78. The van der Waals surface area contributed by atoms with E-state index in [9.17, 15) is 4.39 Å². The Morgan fingerprint density at radius 1 is 1.04 bits per heavy atom. The van der Waals surface area contributed by atoms with Crippen LogP contribution < -0.4 is 4.74 Å². The molecule has 0 bridgehead atoms. The van der Waals surface area contributed by atoms with Crippen molar-refractivity contribution in [3.05, 3.63) is 71.0 Å². The molecular weight excluding hydrogens is 301 g/mol. The molecule has 2 aromatic rings. The van der Waals surface area contributed by atoms with Crippen LogP contribution in [-0.4, -0.2) is 24.5 Å². The molecule has 0 N–H and O–H groups in total. The lowest BCUT2D eigenvalue weighted by Crippen LogP contribution is -2.19. The number of nitrogens with zero attached hydrogens (tertiary/aromatic N) is 1. The minimum atomic E-state index is -0.220. The molecular formula is C21H22FNO. The van der Waals surface area contributed by atoms with Crippen LogP contribution in [0.3, 0.4) is 0 Å². The van der Waals surface area contributed by atoms with Gasteiger partial charge in [0.05, 0.1) is 0 Å². The molecule has 2 aliphatic heterocycles. The second-order valence-electron chi connectivity index (χ2n) is 6.54. The number of fused-ring (bicyclic) bond motifs is 2. The van der Waals surface area contributed by atoms with E-state index in [0.717, 1.165) is 41.0 Å². The third-order valence-electron chi connectivity index (χ3n) is 4.91. The van der Waals surface area contributed by atoms with Crippen LogP contribution in [-0.2, 0) is 6.61 Å². The molecule has 0 aromatic heterocycles. The molecule has 2 heterocycles. The molecule has 0 unspecified atom stereocenters. The Hall–Kier alpha value is -2.13. The van der Waals surface area contributed by atoms with Gasteiger partial charge in [0.2, 0.25) is 0 Å². The van der Waals surface area contributed by atoms with E-state index in [2.05, 4.69) is 23.1 Å². The summed E-state index contributed by atoms with van der Waals surface area (Å²) in [6.07, 6.45) is 5.84. The van der Waals surface area contributed by atoms with Crippen LogP contribution in [0.4, 0.5) is 4.39 Å². The Kier molecular flexibility index (Phi) is 4.35. The molecule has 2 aliphatic rings. The number of benzene rings is 2. The van der Waals surface area contributed by atoms with E-state index in [1.165, 1.54) is 32.0 Å². The molecule has 24 heavy (non-hydrogen) atoms. The Labute approximate surface area is 142 Å². The first-order valence-electron chi connectivity index (χ1n) is 8.75. The van der Waals surface area contributed by atoms with Crippen molar-refractivity contribution in [2.24, 2.45) is 0 Å². The van der Waals surface area contributed by atoms with E-state index >= 15 is 0 Å². The number of hydrogen-bond donors (Lipinski definition) is 0. The highest BCUT2D eigenvalue weighted by atomic mass is 19.1. The van der Waals surface area contributed by atoms with E-state index in [0.29, 0.717) is 6.61 Å². The summed E-state index contributed by atoms with van der Waals surface area (Å²) >= 11 is 0. The van der Waals surface area contributed by atoms with E-state index in [-0.39, 0.29) is 5.82 Å². The van der Waals surface area contributed by atoms with E-state index in [4.69, 9.17) is 4.74 Å². The number of ether oxygens (including phenoxy) is 1. The van der Waals surface area contributed by atoms with Crippen molar-refractivity contribution in [2.75, 3.05) is 19.6 Å². The van der Waals surface area contributed by atoms with Crippen molar-refractivity contribution in [1.82, 2.24) is 4.90 Å². The molecule has 0 radical (unpaired) electrons. The number of rotatable bonds is 3. The predicted octanol–water partition coefficient (Wildman–Crippen LogP) is 4.64. The third kappa shape index (κ3) is 3.09. The van der Waals surface area contributed by atoms with Gasteiger partial charge in [-0.2, -0.15) is 0 Å². The van der Waals surface area contributed by atoms with Gasteiger partial charge in [-0.3, -0.25) is 0 Å². The zero-order valence-corrected chi connectivity index (χ0v) is 13.8. The summed E-state index contributed by atoms with van der Waals surface area (Å²) < 4.78 is 19.8. The van der Waals surface area contributed by atoms with Gasteiger partial charge in [0.1, 0.15) is 18.2 Å². The molecule has 1 saturated heterocycles. The van der Waals surface area contributed by atoms with Crippen molar-refractivity contribution in [3.8, 4) is 5.75 Å². The van der Waals surface area contributed by atoms with Crippen LogP contribution in [0, 0.1) is 5.82 Å². The highest BCUT2D eigenvalue weighted by Crippen LogP contribution is 2.37. The number of halogens is 1. The van der Waals surface area contributed by atoms with Crippen LogP contribution in [0.5, 0.6) is 5.75 Å². The molecule has 124 valence electrons. The fourth-order valence-corrected chi connectivity index (χ4v) is 3.67. The van der Waals surface area contributed by atoms with Gasteiger partial charge in [-0.25, -0.2) is 4.39 Å². The number of likely N-dealkylation sites (tertiary alicyclic amines) is 1. The lowest BCUT2D eigenvalue weighted by atomic mass is 9.93. The minimum Gasteiger partial charge on any atom is -0.488 e. The summed E-state index contributed by atoms with van der Waals surface area (Å²) in [6.45, 7) is 4.00. The molecule has 0 atom stereocenters. The summed E-state index contributed by atoms with van der Waals surface area (Å²) in [4.78, 5) is 2.50. The summed E-state index contributed by atoms with van der Waals surface area (Å²) in [5, 5.41) is 0. The molecule has 4 rings (SSSR count). The molecule has 1 fully saturated rings. The largest absolute Gasteiger partial charge is 0.488 e. The van der Waals surface area contributed by atoms with Crippen molar-refractivity contribution in [3.63, 3.8) is 0 Å². The Bertz CT molecular complexity index is 762. The maximum Gasteiger partial charge on any atom is 0.127 e. The topological polar surface area (TPSA) is 12.5 Å². The van der Waals surface area contributed by atoms with Gasteiger partial charge in [0, 0.05) is 12.1 Å². The highest BCUT2D eigenvalue weighted by Gasteiger charge is 2.19. The summed E-state index contributed by atoms with van der Waals surface area (Å²) in [6, 6.07) is 13.1. The zero-order valence-electron chi connectivity index (χ0n) is 13.8. The quantitative estimate of drug-likeness (QED) is 0.816. The fraction of sp³-hybridized carbons (Fsp3) is 0.333. The lowest BCUT2D eigenvalue weighted by Gasteiger charge is -2.14. The van der Waals surface area contributed by atoms with E-state index in [1.807, 2.05) is 12.1 Å². The Morgan fingerprint density at radius 2 is 1.88 bits per heavy atom. The lowest BCUT2D eigenvalue weighted by molar-refractivity contribution is 0.307. The second-order valence-corrected chi connectivity index (χ2v) is 6.54. The molecule has 0 spiro atoms. The number of hydrogen-bond acceptors (Lipinski definition) is 2. The van der Waals surface area contributed by atoms with Crippen LogP contribution >= 0.6 is 0 Å². The molecule has 0 amide bonds. The van der Waals surface area contributed by atoms with E-state index < -0.39 is 0 Å². The first-order chi connectivity index (χ1) is 11.8. The monoisotopic (exact) mass is 323 g/mol. The average molecular weight is 323 g/mol. The van der Waals surface area contributed by atoms with Gasteiger partial charge in [-0.15, -0.1) is 0 Å². The third-order valence-corrected chi connectivity index (χ3v) is 4.91. The van der Waals surface area contributed by atoms with Gasteiger partial charge >= 0.3 is 0 Å². The molecule has 0 aliphatic carbocycles. The maximum atomic E-state index is 13.9. The zero-order chi connectivity index (χ0) is 16.4. The molecule has 3 heteroatoms. The van der Waals surface area contributed by atoms with Crippen molar-refractivity contribution >= 4 is 5.57 Å². The van der Waals surface area contributed by atoms with Gasteiger partial charge < -0.3 is 9.64 Å². The fourth-order valence-electron chi connectivity index (χ4n) is 3.67. The summed E-state index contributed by atoms with van der Waals surface area (Å²) in [5.74, 6) is 0.544.